The molecule has 1 aliphatic heterocycles. The lowest BCUT2D eigenvalue weighted by atomic mass is 9.96. The Morgan fingerprint density at radius 3 is 2.96 bits per heavy atom. The molecule has 0 saturated carbocycles. The molecule has 0 fully saturated rings. The molecule has 0 bridgehead atoms. The molecule has 0 N–H and O–H groups in total. The van der Waals surface area contributed by atoms with Crippen molar-refractivity contribution in [2.24, 2.45) is 0 Å². The predicted molar refractivity (Wildman–Crippen MR) is 89.6 cm³/mol. The zero-order valence-electron chi connectivity index (χ0n) is 13.3. The maximum absolute atomic E-state index is 12.7. The monoisotopic (exact) mass is 311 g/mol. The summed E-state index contributed by atoms with van der Waals surface area (Å²) in [5.74, 6) is 0.521. The second-order valence-electron chi connectivity index (χ2n) is 6.01. The molecule has 1 aromatic heterocycles. The van der Waals surface area contributed by atoms with Gasteiger partial charge in [-0.3, -0.25) is 14.2 Å². The molecule has 1 atom stereocenters. The van der Waals surface area contributed by atoms with Gasteiger partial charge in [-0.15, -0.1) is 0 Å². The number of anilines is 1. The Balaban J connectivity index is 1.78. The van der Waals surface area contributed by atoms with E-state index in [4.69, 9.17) is 0 Å². The minimum atomic E-state index is -0.127. The standard InChI is InChI=1S/C18H21N3O2/c1-14-5-4-11-21(16-7-3-2-6-15(14)16)18(23)9-12-20-13-19-10-8-17(20)22/h2-3,6-8,10,13-14H,4-5,9,11-12H2,1H3. The van der Waals surface area contributed by atoms with Crippen LogP contribution in [0.25, 0.3) is 0 Å². The molecule has 1 aliphatic rings. The van der Waals surface area contributed by atoms with Crippen LogP contribution in [-0.2, 0) is 11.3 Å². The maximum atomic E-state index is 12.7. The van der Waals surface area contributed by atoms with Crippen molar-refractivity contribution >= 4 is 11.6 Å². The number of carbonyl (C=O) groups excluding carboxylic acids is 1. The van der Waals surface area contributed by atoms with Crippen LogP contribution >= 0.6 is 0 Å². The number of fused-ring (bicyclic) bond motifs is 1. The van der Waals surface area contributed by atoms with Crippen LogP contribution < -0.4 is 10.5 Å². The van der Waals surface area contributed by atoms with Crippen molar-refractivity contribution in [1.82, 2.24) is 9.55 Å². The number of benzene rings is 1. The Morgan fingerprint density at radius 1 is 1.30 bits per heavy atom. The molecule has 0 spiro atoms. The number of nitrogens with zero attached hydrogens (tertiary/aromatic N) is 3. The number of hydrogen-bond acceptors (Lipinski definition) is 3. The van der Waals surface area contributed by atoms with Crippen molar-refractivity contribution < 1.29 is 4.79 Å². The van der Waals surface area contributed by atoms with E-state index in [0.717, 1.165) is 25.1 Å². The highest BCUT2D eigenvalue weighted by Crippen LogP contribution is 2.34. The van der Waals surface area contributed by atoms with Gasteiger partial charge in [-0.25, -0.2) is 4.98 Å². The number of para-hydroxylation sites is 1. The van der Waals surface area contributed by atoms with Gasteiger partial charge >= 0.3 is 0 Å². The molecular formula is C18H21N3O2. The fourth-order valence-electron chi connectivity index (χ4n) is 3.14. The third kappa shape index (κ3) is 3.33. The third-order valence-corrected chi connectivity index (χ3v) is 4.44. The van der Waals surface area contributed by atoms with Crippen molar-refractivity contribution in [1.29, 1.82) is 0 Å². The summed E-state index contributed by atoms with van der Waals surface area (Å²) in [4.78, 5) is 30.2. The molecule has 0 aliphatic carbocycles. The van der Waals surface area contributed by atoms with Crippen LogP contribution in [0, 0.1) is 0 Å². The molecule has 120 valence electrons. The van der Waals surface area contributed by atoms with Crippen molar-refractivity contribution in [2.45, 2.75) is 38.6 Å². The van der Waals surface area contributed by atoms with Crippen molar-refractivity contribution in [2.75, 3.05) is 11.4 Å². The largest absolute Gasteiger partial charge is 0.312 e. The van der Waals surface area contributed by atoms with Gasteiger partial charge in [0.05, 0.1) is 6.33 Å². The number of amides is 1. The van der Waals surface area contributed by atoms with Gasteiger partial charge < -0.3 is 4.90 Å². The van der Waals surface area contributed by atoms with Crippen molar-refractivity contribution in [3.63, 3.8) is 0 Å². The fraction of sp³-hybridized carbons (Fsp3) is 0.389. The first kappa shape index (κ1) is 15.5. The van der Waals surface area contributed by atoms with Crippen LogP contribution in [0.3, 0.4) is 0 Å². The fourth-order valence-corrected chi connectivity index (χ4v) is 3.14. The average molecular weight is 311 g/mol. The topological polar surface area (TPSA) is 55.2 Å². The first-order chi connectivity index (χ1) is 11.2. The van der Waals surface area contributed by atoms with E-state index in [1.165, 1.54) is 28.7 Å². The summed E-state index contributed by atoms with van der Waals surface area (Å²) in [6.07, 6.45) is 5.33. The van der Waals surface area contributed by atoms with E-state index in [2.05, 4.69) is 18.0 Å². The van der Waals surface area contributed by atoms with Gasteiger partial charge in [0.1, 0.15) is 0 Å². The minimum absolute atomic E-state index is 0.0577. The third-order valence-electron chi connectivity index (χ3n) is 4.44. The first-order valence-electron chi connectivity index (χ1n) is 8.06. The van der Waals surface area contributed by atoms with Gasteiger partial charge in [0, 0.05) is 37.5 Å². The van der Waals surface area contributed by atoms with E-state index in [1.807, 2.05) is 23.1 Å². The highest BCUT2D eigenvalue weighted by Gasteiger charge is 2.23. The zero-order chi connectivity index (χ0) is 16.2. The van der Waals surface area contributed by atoms with Crippen molar-refractivity contribution in [3.8, 4) is 0 Å². The van der Waals surface area contributed by atoms with Crippen LogP contribution in [0.2, 0.25) is 0 Å². The number of carbonyl (C=O) groups is 1. The maximum Gasteiger partial charge on any atom is 0.253 e. The summed E-state index contributed by atoms with van der Waals surface area (Å²) >= 11 is 0. The van der Waals surface area contributed by atoms with Crippen molar-refractivity contribution in [3.05, 3.63) is 58.8 Å². The molecular weight excluding hydrogens is 290 g/mol. The first-order valence-corrected chi connectivity index (χ1v) is 8.06. The van der Waals surface area contributed by atoms with E-state index in [-0.39, 0.29) is 11.5 Å². The number of rotatable bonds is 3. The lowest BCUT2D eigenvalue weighted by Gasteiger charge is -2.23. The van der Waals surface area contributed by atoms with Crippen LogP contribution in [0.5, 0.6) is 0 Å². The summed E-state index contributed by atoms with van der Waals surface area (Å²) in [6.45, 7) is 3.31. The Bertz CT molecular complexity index is 754. The minimum Gasteiger partial charge on any atom is -0.312 e. The number of aromatic nitrogens is 2. The smallest absolute Gasteiger partial charge is 0.253 e. The van der Waals surface area contributed by atoms with E-state index in [0.29, 0.717) is 18.9 Å². The molecule has 0 radical (unpaired) electrons. The molecule has 23 heavy (non-hydrogen) atoms. The summed E-state index contributed by atoms with van der Waals surface area (Å²) in [5, 5.41) is 0. The molecule has 1 aromatic carbocycles. The molecule has 2 heterocycles. The zero-order valence-corrected chi connectivity index (χ0v) is 13.3. The Kier molecular flexibility index (Phi) is 4.55. The second kappa shape index (κ2) is 6.77. The van der Waals surface area contributed by atoms with E-state index >= 15 is 0 Å². The van der Waals surface area contributed by atoms with Crippen LogP contribution in [-0.4, -0.2) is 22.0 Å². The molecule has 1 unspecified atom stereocenters. The second-order valence-corrected chi connectivity index (χ2v) is 6.01. The van der Waals surface area contributed by atoms with Gasteiger partial charge in [-0.2, -0.15) is 0 Å². The summed E-state index contributed by atoms with van der Waals surface area (Å²) in [5.41, 5.74) is 2.12. The molecule has 5 heteroatoms. The number of aryl methyl sites for hydroxylation is 1. The van der Waals surface area contributed by atoms with E-state index < -0.39 is 0 Å². The van der Waals surface area contributed by atoms with Gasteiger partial charge in [-0.1, -0.05) is 25.1 Å². The molecule has 0 saturated heterocycles. The Labute approximate surface area is 135 Å². The lowest BCUT2D eigenvalue weighted by molar-refractivity contribution is -0.118. The van der Waals surface area contributed by atoms with E-state index in [9.17, 15) is 9.59 Å². The molecule has 5 nitrogen and oxygen atoms in total. The highest BCUT2D eigenvalue weighted by atomic mass is 16.2. The average Bonchev–Trinajstić information content (AvgIpc) is 2.73. The normalized spacial score (nSPS) is 17.4. The van der Waals surface area contributed by atoms with Gasteiger partial charge in [-0.05, 0) is 30.4 Å². The SMILES string of the molecule is CC1CCCN(C(=O)CCn2cnccc2=O)c2ccccc21. The molecule has 2 aromatic rings. The predicted octanol–water partition coefficient (Wildman–Crippen LogP) is 2.56. The summed E-state index contributed by atoms with van der Waals surface area (Å²) in [6, 6.07) is 9.54. The quantitative estimate of drug-likeness (QED) is 0.875. The number of hydrogen-bond donors (Lipinski definition) is 0. The lowest BCUT2D eigenvalue weighted by Crippen LogP contribution is -2.33. The Morgan fingerprint density at radius 2 is 2.13 bits per heavy atom. The van der Waals surface area contributed by atoms with Crippen LogP contribution in [0.4, 0.5) is 5.69 Å². The van der Waals surface area contributed by atoms with Gasteiger partial charge in [0.25, 0.3) is 5.56 Å². The van der Waals surface area contributed by atoms with Gasteiger partial charge in [0.15, 0.2) is 0 Å². The Hall–Kier alpha value is -2.43. The van der Waals surface area contributed by atoms with Crippen LogP contribution in [0.1, 0.15) is 37.7 Å². The highest BCUT2D eigenvalue weighted by molar-refractivity contribution is 5.94. The van der Waals surface area contributed by atoms with E-state index in [1.54, 1.807) is 0 Å². The van der Waals surface area contributed by atoms with Crippen LogP contribution in [0.15, 0.2) is 47.7 Å². The summed E-state index contributed by atoms with van der Waals surface area (Å²) < 4.78 is 1.48. The van der Waals surface area contributed by atoms with Gasteiger partial charge in [0.2, 0.25) is 5.91 Å². The summed E-state index contributed by atoms with van der Waals surface area (Å²) in [7, 11) is 0. The molecule has 3 rings (SSSR count). The molecule has 1 amide bonds.